The maximum absolute atomic E-state index is 11.1. The summed E-state index contributed by atoms with van der Waals surface area (Å²) in [5.41, 5.74) is 1.08. The summed E-state index contributed by atoms with van der Waals surface area (Å²) in [4.78, 5) is 0. The normalized spacial score (nSPS) is 26.9. The van der Waals surface area contributed by atoms with E-state index in [9.17, 15) is 8.42 Å². The molecule has 1 saturated heterocycles. The van der Waals surface area contributed by atoms with Gasteiger partial charge in [0.15, 0.2) is 9.84 Å². The number of hydrogen-bond acceptors (Lipinski definition) is 3. The van der Waals surface area contributed by atoms with Crippen LogP contribution in [-0.4, -0.2) is 31.6 Å². The van der Waals surface area contributed by atoms with E-state index in [0.717, 1.165) is 12.0 Å². The van der Waals surface area contributed by atoms with Gasteiger partial charge in [-0.1, -0.05) is 11.6 Å². The second-order valence-electron chi connectivity index (χ2n) is 3.05. The van der Waals surface area contributed by atoms with E-state index in [4.69, 9.17) is 5.11 Å². The standard InChI is InChI=1S/C8H14O3S/c9-5-3-8-2-1-6-12(10,11)7-4-8/h3,9H,1-2,4-7H2/b8-3+. The summed E-state index contributed by atoms with van der Waals surface area (Å²) in [7, 11) is -2.79. The Morgan fingerprint density at radius 1 is 1.33 bits per heavy atom. The van der Waals surface area contributed by atoms with Crippen molar-refractivity contribution in [2.24, 2.45) is 0 Å². The summed E-state index contributed by atoms with van der Waals surface area (Å²) >= 11 is 0. The highest BCUT2D eigenvalue weighted by molar-refractivity contribution is 7.91. The molecule has 0 aromatic heterocycles. The zero-order chi connectivity index (χ0) is 9.03. The first-order chi connectivity index (χ1) is 5.64. The molecule has 0 amide bonds. The summed E-state index contributed by atoms with van der Waals surface area (Å²) < 4.78 is 22.3. The quantitative estimate of drug-likeness (QED) is 0.613. The fraction of sp³-hybridized carbons (Fsp3) is 0.750. The monoisotopic (exact) mass is 190 g/mol. The smallest absolute Gasteiger partial charge is 0.150 e. The molecule has 1 N–H and O–H groups in total. The van der Waals surface area contributed by atoms with Crippen molar-refractivity contribution in [3.63, 3.8) is 0 Å². The lowest BCUT2D eigenvalue weighted by Gasteiger charge is -1.98. The molecule has 1 rings (SSSR count). The van der Waals surface area contributed by atoms with Crippen LogP contribution in [-0.2, 0) is 9.84 Å². The van der Waals surface area contributed by atoms with E-state index >= 15 is 0 Å². The zero-order valence-corrected chi connectivity index (χ0v) is 7.81. The Bertz CT molecular complexity index is 264. The van der Waals surface area contributed by atoms with Gasteiger partial charge in [-0.05, 0) is 19.3 Å². The van der Waals surface area contributed by atoms with Gasteiger partial charge in [-0.2, -0.15) is 0 Å². The van der Waals surface area contributed by atoms with Gasteiger partial charge in [0.05, 0.1) is 18.1 Å². The van der Waals surface area contributed by atoms with Crippen molar-refractivity contribution < 1.29 is 13.5 Å². The topological polar surface area (TPSA) is 54.4 Å². The number of aliphatic hydroxyl groups excluding tert-OH is 1. The maximum atomic E-state index is 11.1. The molecule has 1 heterocycles. The fourth-order valence-electron chi connectivity index (χ4n) is 1.37. The highest BCUT2D eigenvalue weighted by Gasteiger charge is 2.15. The summed E-state index contributed by atoms with van der Waals surface area (Å²) in [5.74, 6) is 0.550. The van der Waals surface area contributed by atoms with Gasteiger partial charge in [0.2, 0.25) is 0 Å². The van der Waals surface area contributed by atoms with E-state index in [0.29, 0.717) is 18.6 Å². The number of hydrogen-bond donors (Lipinski definition) is 1. The highest BCUT2D eigenvalue weighted by Crippen LogP contribution is 2.17. The molecule has 4 heteroatoms. The van der Waals surface area contributed by atoms with Crippen LogP contribution >= 0.6 is 0 Å². The number of sulfone groups is 1. The second-order valence-corrected chi connectivity index (χ2v) is 5.35. The Labute approximate surface area is 73.0 Å². The molecule has 3 nitrogen and oxygen atoms in total. The molecule has 12 heavy (non-hydrogen) atoms. The molecule has 0 aromatic carbocycles. The van der Waals surface area contributed by atoms with Gasteiger partial charge in [-0.3, -0.25) is 0 Å². The number of aliphatic hydroxyl groups is 1. The minimum atomic E-state index is -2.79. The number of allylic oxidation sites excluding steroid dienone is 1. The maximum Gasteiger partial charge on any atom is 0.150 e. The minimum Gasteiger partial charge on any atom is -0.392 e. The van der Waals surface area contributed by atoms with Crippen LogP contribution in [0.2, 0.25) is 0 Å². The zero-order valence-electron chi connectivity index (χ0n) is 6.99. The third-order valence-electron chi connectivity index (χ3n) is 2.07. The Hall–Kier alpha value is -0.350. The molecular weight excluding hydrogens is 176 g/mol. The van der Waals surface area contributed by atoms with Crippen LogP contribution in [0.25, 0.3) is 0 Å². The van der Waals surface area contributed by atoms with Crippen LogP contribution in [0.4, 0.5) is 0 Å². The largest absolute Gasteiger partial charge is 0.392 e. The molecule has 0 saturated carbocycles. The molecule has 1 fully saturated rings. The van der Waals surface area contributed by atoms with Crippen molar-refractivity contribution in [1.82, 2.24) is 0 Å². The lowest BCUT2D eigenvalue weighted by molar-refractivity contribution is 0.341. The van der Waals surface area contributed by atoms with Crippen molar-refractivity contribution in [2.45, 2.75) is 19.3 Å². The van der Waals surface area contributed by atoms with Gasteiger partial charge in [0, 0.05) is 0 Å². The second kappa shape index (κ2) is 4.05. The van der Waals surface area contributed by atoms with E-state index in [-0.39, 0.29) is 12.4 Å². The molecular formula is C8H14O3S. The molecule has 70 valence electrons. The molecule has 0 bridgehead atoms. The van der Waals surface area contributed by atoms with Crippen LogP contribution in [0.3, 0.4) is 0 Å². The summed E-state index contributed by atoms with van der Waals surface area (Å²) in [6.07, 6.45) is 3.84. The average Bonchev–Trinajstić information content (AvgIpc) is 2.14. The first-order valence-corrected chi connectivity index (χ1v) is 5.95. The van der Waals surface area contributed by atoms with Crippen molar-refractivity contribution in [3.05, 3.63) is 11.6 Å². The van der Waals surface area contributed by atoms with Gasteiger partial charge >= 0.3 is 0 Å². The summed E-state index contributed by atoms with van der Waals surface area (Å²) in [6.45, 7) is 0.0232. The lowest BCUT2D eigenvalue weighted by Crippen LogP contribution is -2.07. The molecule has 1 aliphatic rings. The van der Waals surface area contributed by atoms with Crippen molar-refractivity contribution in [3.8, 4) is 0 Å². The highest BCUT2D eigenvalue weighted by atomic mass is 32.2. The Kier molecular flexibility index (Phi) is 3.29. The van der Waals surface area contributed by atoms with Gasteiger partial charge in [0.25, 0.3) is 0 Å². The SMILES string of the molecule is O=S1(=O)CCC/C(=C\CO)CC1. The Balaban J connectivity index is 2.62. The van der Waals surface area contributed by atoms with Crippen LogP contribution in [0.5, 0.6) is 0 Å². The first-order valence-electron chi connectivity index (χ1n) is 4.13. The van der Waals surface area contributed by atoms with Crippen LogP contribution in [0.15, 0.2) is 11.6 Å². The average molecular weight is 190 g/mol. The Morgan fingerprint density at radius 3 is 2.75 bits per heavy atom. The minimum absolute atomic E-state index is 0.0232. The molecule has 0 radical (unpaired) electrons. The Morgan fingerprint density at radius 2 is 2.08 bits per heavy atom. The van der Waals surface area contributed by atoms with E-state index in [1.807, 2.05) is 0 Å². The van der Waals surface area contributed by atoms with Gasteiger partial charge in [-0.25, -0.2) is 8.42 Å². The van der Waals surface area contributed by atoms with Crippen molar-refractivity contribution >= 4 is 9.84 Å². The third-order valence-corrected chi connectivity index (χ3v) is 3.80. The van der Waals surface area contributed by atoms with Crippen LogP contribution in [0.1, 0.15) is 19.3 Å². The van der Waals surface area contributed by atoms with Gasteiger partial charge < -0.3 is 5.11 Å². The summed E-state index contributed by atoms with van der Waals surface area (Å²) in [5, 5.41) is 8.61. The molecule has 0 aliphatic carbocycles. The predicted molar refractivity (Wildman–Crippen MR) is 47.7 cm³/mol. The van der Waals surface area contributed by atoms with Crippen molar-refractivity contribution in [1.29, 1.82) is 0 Å². The summed E-state index contributed by atoms with van der Waals surface area (Å²) in [6, 6.07) is 0. The molecule has 0 unspecified atom stereocenters. The van der Waals surface area contributed by atoms with Crippen LogP contribution < -0.4 is 0 Å². The lowest BCUT2D eigenvalue weighted by atomic mass is 10.1. The first kappa shape index (κ1) is 9.74. The fourth-order valence-corrected chi connectivity index (χ4v) is 2.73. The van der Waals surface area contributed by atoms with E-state index in [2.05, 4.69) is 0 Å². The third kappa shape index (κ3) is 2.95. The molecule has 1 aliphatic heterocycles. The molecule has 0 aromatic rings. The van der Waals surface area contributed by atoms with E-state index in [1.54, 1.807) is 6.08 Å². The molecule has 0 spiro atoms. The predicted octanol–water partition coefficient (Wildman–Crippen LogP) is 0.504. The van der Waals surface area contributed by atoms with Crippen LogP contribution in [0, 0.1) is 0 Å². The van der Waals surface area contributed by atoms with Crippen molar-refractivity contribution in [2.75, 3.05) is 18.1 Å². The van der Waals surface area contributed by atoms with Gasteiger partial charge in [-0.15, -0.1) is 0 Å². The molecule has 0 atom stereocenters. The van der Waals surface area contributed by atoms with E-state index in [1.165, 1.54) is 0 Å². The number of rotatable bonds is 1. The van der Waals surface area contributed by atoms with Gasteiger partial charge in [0.1, 0.15) is 0 Å². The van der Waals surface area contributed by atoms with E-state index < -0.39 is 9.84 Å².